The molecular weight excluding hydrogens is 594 g/mol. The second-order valence-electron chi connectivity index (χ2n) is 16.0. The Bertz CT molecular complexity index is 1300. The second kappa shape index (κ2) is 14.8. The summed E-state index contributed by atoms with van der Waals surface area (Å²) < 4.78 is 0. The molecule has 5 N–H and O–H groups in total. The summed E-state index contributed by atoms with van der Waals surface area (Å²) in [6, 6.07) is 7.13. The highest BCUT2D eigenvalue weighted by Gasteiger charge is 2.47. The van der Waals surface area contributed by atoms with Crippen LogP contribution in [0.3, 0.4) is 0 Å². The van der Waals surface area contributed by atoms with Gasteiger partial charge in [-0.15, -0.1) is 0 Å². The minimum atomic E-state index is -1.06. The topological polar surface area (TPSA) is 151 Å². The van der Waals surface area contributed by atoms with Crippen molar-refractivity contribution in [3.8, 4) is 0 Å². The molecule has 3 saturated carbocycles. The number of carbonyl (C=O) groups is 5. The van der Waals surface area contributed by atoms with Crippen LogP contribution in [0.2, 0.25) is 0 Å². The van der Waals surface area contributed by atoms with E-state index in [1.807, 2.05) is 39.0 Å². The van der Waals surface area contributed by atoms with Gasteiger partial charge in [0.2, 0.25) is 17.6 Å². The van der Waals surface area contributed by atoms with Crippen molar-refractivity contribution in [2.45, 2.75) is 134 Å². The molecule has 5 rings (SSSR count). The summed E-state index contributed by atoms with van der Waals surface area (Å²) in [5.74, 6) is -1.58. The smallest absolute Gasteiger partial charge is 0.315 e. The maximum atomic E-state index is 14.5. The fourth-order valence-corrected chi connectivity index (χ4v) is 7.93. The number of nitrogens with one attached hydrogen (secondary N) is 3. The van der Waals surface area contributed by atoms with Crippen LogP contribution in [0.5, 0.6) is 0 Å². The van der Waals surface area contributed by atoms with Crippen LogP contribution in [0.4, 0.5) is 4.79 Å². The first-order chi connectivity index (χ1) is 22.3. The van der Waals surface area contributed by atoms with Crippen LogP contribution in [0.15, 0.2) is 30.3 Å². The van der Waals surface area contributed by atoms with Gasteiger partial charge in [-0.05, 0) is 67.3 Å². The minimum Gasteiger partial charge on any atom is -0.363 e. The molecule has 10 heteroatoms. The van der Waals surface area contributed by atoms with Crippen LogP contribution in [0.1, 0.15) is 110 Å². The molecule has 10 nitrogen and oxygen atoms in total. The number of ketones is 1. The maximum Gasteiger partial charge on any atom is 0.315 e. The van der Waals surface area contributed by atoms with Gasteiger partial charge in [0.05, 0.1) is 6.04 Å². The molecule has 1 heterocycles. The van der Waals surface area contributed by atoms with E-state index >= 15 is 0 Å². The van der Waals surface area contributed by atoms with E-state index in [1.54, 1.807) is 4.90 Å². The first-order valence-corrected chi connectivity index (χ1v) is 17.9. The summed E-state index contributed by atoms with van der Waals surface area (Å²) in [7, 11) is 0. The monoisotopic (exact) mass is 649 g/mol. The van der Waals surface area contributed by atoms with Gasteiger partial charge >= 0.3 is 6.03 Å². The Labute approximate surface area is 279 Å². The number of nitrogens with two attached hydrogens (primary N) is 1. The Morgan fingerprint density at radius 2 is 1.57 bits per heavy atom. The highest BCUT2D eigenvalue weighted by molar-refractivity contribution is 6.37. The zero-order valence-electron chi connectivity index (χ0n) is 28.5. The van der Waals surface area contributed by atoms with Crippen molar-refractivity contribution in [1.29, 1.82) is 0 Å². The molecule has 1 unspecified atom stereocenters. The number of hydrogen-bond donors (Lipinski definition) is 4. The van der Waals surface area contributed by atoms with E-state index < -0.39 is 46.7 Å². The van der Waals surface area contributed by atoms with Gasteiger partial charge in [0.25, 0.3) is 5.91 Å². The van der Waals surface area contributed by atoms with E-state index in [0.29, 0.717) is 25.3 Å². The van der Waals surface area contributed by atoms with Crippen LogP contribution in [0.25, 0.3) is 0 Å². The second-order valence-corrected chi connectivity index (χ2v) is 16.0. The zero-order chi connectivity index (χ0) is 33.8. The molecule has 4 atom stereocenters. The van der Waals surface area contributed by atoms with Gasteiger partial charge in [0, 0.05) is 12.1 Å². The summed E-state index contributed by atoms with van der Waals surface area (Å²) in [5.41, 5.74) is 5.49. The standard InChI is InChI=1S/C37H55N5O5/c1-36(2,3)31(40-35(47)41-37(17-8-5-9-18-37)22-26-11-6-4-7-12-26)34(46)42-23-27(19-25-15-16-25)21-29(42)33(45)39-28(30(43)32(38)44)20-24-13-10-14-24/h4,6-7,11-12,24-25,27-29,31H,5,8-10,13-23H2,1-3H3,(H2,38,44)(H,39,45)(H2,40,41,47)/t27-,28?,29+,31-/m1/s1. The molecule has 47 heavy (non-hydrogen) atoms. The minimum absolute atomic E-state index is 0.143. The third-order valence-corrected chi connectivity index (χ3v) is 11.0. The lowest BCUT2D eigenvalue weighted by Gasteiger charge is -2.40. The first-order valence-electron chi connectivity index (χ1n) is 17.9. The largest absolute Gasteiger partial charge is 0.363 e. The molecule has 1 aromatic rings. The fourth-order valence-electron chi connectivity index (χ4n) is 7.93. The van der Waals surface area contributed by atoms with E-state index in [4.69, 9.17) is 5.73 Å². The van der Waals surface area contributed by atoms with E-state index in [1.165, 1.54) is 0 Å². The van der Waals surface area contributed by atoms with Gasteiger partial charge in [-0.25, -0.2) is 4.79 Å². The Balaban J connectivity index is 1.32. The molecule has 1 aromatic carbocycles. The Morgan fingerprint density at radius 3 is 2.15 bits per heavy atom. The molecular formula is C37H55N5O5. The molecule has 4 fully saturated rings. The normalized spacial score (nSPS) is 24.0. The van der Waals surface area contributed by atoms with E-state index in [9.17, 15) is 24.0 Å². The number of rotatable bonds is 13. The van der Waals surface area contributed by atoms with Gasteiger partial charge in [0.1, 0.15) is 12.1 Å². The predicted octanol–water partition coefficient (Wildman–Crippen LogP) is 4.39. The highest BCUT2D eigenvalue weighted by atomic mass is 16.2. The Hall–Kier alpha value is -3.43. The van der Waals surface area contributed by atoms with E-state index in [-0.39, 0.29) is 23.8 Å². The Kier molecular flexibility index (Phi) is 11.0. The van der Waals surface area contributed by atoms with Crippen molar-refractivity contribution in [3.05, 3.63) is 35.9 Å². The van der Waals surface area contributed by atoms with Crippen LogP contribution < -0.4 is 21.7 Å². The van der Waals surface area contributed by atoms with E-state index in [0.717, 1.165) is 82.6 Å². The van der Waals surface area contributed by atoms with Crippen LogP contribution in [-0.4, -0.2) is 64.6 Å². The third kappa shape index (κ3) is 9.14. The summed E-state index contributed by atoms with van der Waals surface area (Å²) in [6.07, 6.45) is 12.7. The number of benzene rings is 1. The van der Waals surface area contributed by atoms with Crippen molar-refractivity contribution in [2.24, 2.45) is 28.9 Å². The fraction of sp³-hybridized carbons (Fsp3) is 0.703. The lowest BCUT2D eigenvalue weighted by Crippen LogP contribution is -2.62. The summed E-state index contributed by atoms with van der Waals surface area (Å²) >= 11 is 0. The molecule has 4 aliphatic rings. The van der Waals surface area contributed by atoms with Crippen molar-refractivity contribution in [1.82, 2.24) is 20.9 Å². The summed E-state index contributed by atoms with van der Waals surface area (Å²) in [4.78, 5) is 68.4. The molecule has 0 bridgehead atoms. The quantitative estimate of drug-likeness (QED) is 0.234. The average Bonchev–Trinajstić information content (AvgIpc) is 3.71. The van der Waals surface area contributed by atoms with Gasteiger partial charge < -0.3 is 26.6 Å². The van der Waals surface area contributed by atoms with E-state index in [2.05, 4.69) is 28.1 Å². The van der Waals surface area contributed by atoms with Crippen molar-refractivity contribution in [2.75, 3.05) is 6.54 Å². The van der Waals surface area contributed by atoms with Gasteiger partial charge in [-0.2, -0.15) is 0 Å². The van der Waals surface area contributed by atoms with Crippen molar-refractivity contribution >= 4 is 29.5 Å². The third-order valence-electron chi connectivity index (χ3n) is 11.0. The molecule has 1 saturated heterocycles. The average molecular weight is 650 g/mol. The number of likely N-dealkylation sites (tertiary alicyclic amines) is 1. The number of carbonyl (C=O) groups excluding carboxylic acids is 5. The lowest BCUT2D eigenvalue weighted by molar-refractivity contribution is -0.143. The molecule has 0 aromatic heterocycles. The molecule has 1 aliphatic heterocycles. The number of amides is 5. The first kappa shape index (κ1) is 34.9. The number of primary amides is 1. The molecule has 0 radical (unpaired) electrons. The van der Waals surface area contributed by atoms with Gasteiger partial charge in [0.15, 0.2) is 0 Å². The SMILES string of the molecule is CC(C)(C)[C@H](NC(=O)NC1(Cc2ccccc2)CCCCC1)C(=O)N1C[C@H](CC2CC2)C[C@H]1C(=O)NC(CC1CCC1)C(=O)C(N)=O. The highest BCUT2D eigenvalue weighted by Crippen LogP contribution is 2.40. The van der Waals surface area contributed by atoms with Crippen molar-refractivity contribution in [3.63, 3.8) is 0 Å². The summed E-state index contributed by atoms with van der Waals surface area (Å²) in [6.45, 7) is 6.17. The predicted molar refractivity (Wildman–Crippen MR) is 180 cm³/mol. The molecule has 0 spiro atoms. The lowest BCUT2D eigenvalue weighted by atomic mass is 9.77. The number of hydrogen-bond acceptors (Lipinski definition) is 5. The van der Waals surface area contributed by atoms with Crippen LogP contribution in [-0.2, 0) is 25.6 Å². The number of nitrogens with zero attached hydrogens (tertiary/aromatic N) is 1. The van der Waals surface area contributed by atoms with Gasteiger partial charge in [-0.1, -0.05) is 102 Å². The zero-order valence-corrected chi connectivity index (χ0v) is 28.5. The number of urea groups is 1. The molecule has 3 aliphatic carbocycles. The number of Topliss-reactive ketones (excluding diaryl/α,β-unsaturated/α-hetero) is 1. The van der Waals surface area contributed by atoms with Crippen LogP contribution in [0, 0.1) is 23.2 Å². The Morgan fingerprint density at radius 1 is 0.894 bits per heavy atom. The van der Waals surface area contributed by atoms with Gasteiger partial charge in [-0.3, -0.25) is 19.2 Å². The molecule has 258 valence electrons. The van der Waals surface area contributed by atoms with Crippen LogP contribution >= 0.6 is 0 Å². The molecule has 5 amide bonds. The maximum absolute atomic E-state index is 14.5. The summed E-state index contributed by atoms with van der Waals surface area (Å²) in [5, 5.41) is 9.18. The van der Waals surface area contributed by atoms with Crippen molar-refractivity contribution < 1.29 is 24.0 Å².